The average molecular weight is 345 g/mol. The molecule has 0 saturated heterocycles. The van der Waals surface area contributed by atoms with Crippen LogP contribution in [0.1, 0.15) is 4.88 Å². The van der Waals surface area contributed by atoms with Crippen LogP contribution in [0.15, 0.2) is 47.9 Å². The third-order valence-electron chi connectivity index (χ3n) is 2.41. The molecular formula is C13H10N2NaO4S2-. The van der Waals surface area contributed by atoms with Crippen molar-refractivity contribution in [3.05, 3.63) is 52.7 Å². The molecule has 0 saturated carbocycles. The fraction of sp³-hybridized carbons (Fsp3) is 0. The number of anilines is 2. The zero-order chi connectivity index (χ0) is 15.2. The van der Waals surface area contributed by atoms with E-state index in [4.69, 9.17) is 0 Å². The van der Waals surface area contributed by atoms with Gasteiger partial charge in [0.05, 0.1) is 16.5 Å². The maximum Gasteiger partial charge on any atom is 1.00 e. The summed E-state index contributed by atoms with van der Waals surface area (Å²) >= 11 is -0.994. The van der Waals surface area contributed by atoms with E-state index in [0.29, 0.717) is 17.1 Å². The number of rotatable bonds is 6. The van der Waals surface area contributed by atoms with Gasteiger partial charge in [-0.1, -0.05) is 6.07 Å². The van der Waals surface area contributed by atoms with Gasteiger partial charge >= 0.3 is 29.6 Å². The molecule has 0 aliphatic rings. The summed E-state index contributed by atoms with van der Waals surface area (Å²) in [6.45, 7) is 0. The molecule has 22 heavy (non-hydrogen) atoms. The van der Waals surface area contributed by atoms with Gasteiger partial charge in [-0.2, -0.15) is 0 Å². The van der Waals surface area contributed by atoms with Gasteiger partial charge in [-0.15, -0.1) is 11.3 Å². The topological polar surface area (TPSA) is 104 Å². The van der Waals surface area contributed by atoms with E-state index in [1.807, 2.05) is 5.38 Å². The van der Waals surface area contributed by atoms with E-state index >= 15 is 0 Å². The summed E-state index contributed by atoms with van der Waals surface area (Å²) in [5, 5.41) is 15.6. The van der Waals surface area contributed by atoms with Crippen molar-refractivity contribution in [1.82, 2.24) is 0 Å². The first-order chi connectivity index (χ1) is 10.0. The van der Waals surface area contributed by atoms with Gasteiger partial charge in [-0.25, -0.2) is 0 Å². The van der Waals surface area contributed by atoms with Crippen molar-refractivity contribution in [2.75, 3.05) is 10.0 Å². The van der Waals surface area contributed by atoms with Gasteiger partial charge in [0.2, 0.25) is 0 Å². The second kappa shape index (κ2) is 9.09. The summed E-state index contributed by atoms with van der Waals surface area (Å²) in [6, 6.07) is 9.97. The third-order valence-corrected chi connectivity index (χ3v) is 3.72. The predicted molar refractivity (Wildman–Crippen MR) is 79.9 cm³/mol. The van der Waals surface area contributed by atoms with Crippen LogP contribution in [0, 0.1) is 0 Å². The molecule has 0 spiro atoms. The number of carbonyl (C=O) groups is 1. The maximum atomic E-state index is 10.8. The van der Waals surface area contributed by atoms with E-state index in [2.05, 4.69) is 10.0 Å². The zero-order valence-electron chi connectivity index (χ0n) is 11.6. The van der Waals surface area contributed by atoms with Crippen LogP contribution in [0.2, 0.25) is 0 Å². The Balaban J connectivity index is 0.00000242. The first-order valence-electron chi connectivity index (χ1n) is 5.74. The largest absolute Gasteiger partial charge is 1.00 e. The van der Waals surface area contributed by atoms with E-state index in [9.17, 15) is 18.7 Å². The zero-order valence-corrected chi connectivity index (χ0v) is 15.2. The van der Waals surface area contributed by atoms with Gasteiger partial charge in [0.1, 0.15) is 0 Å². The summed E-state index contributed by atoms with van der Waals surface area (Å²) in [4.78, 5) is 11.5. The number of carboxylic acids is 1. The van der Waals surface area contributed by atoms with Crippen LogP contribution in [0.3, 0.4) is 0 Å². The van der Waals surface area contributed by atoms with Crippen LogP contribution in [-0.4, -0.2) is 14.7 Å². The maximum absolute atomic E-state index is 10.8. The molecule has 110 valence electrons. The fourth-order valence-electron chi connectivity index (χ4n) is 1.59. The normalized spacial score (nSPS) is 12.1. The molecule has 1 heterocycles. The molecule has 1 aromatic carbocycles. The molecule has 0 fully saturated rings. The number of thiophene rings is 1. The van der Waals surface area contributed by atoms with Gasteiger partial charge in [0.15, 0.2) is 0 Å². The molecule has 0 amide bonds. The van der Waals surface area contributed by atoms with Gasteiger partial charge in [0, 0.05) is 22.6 Å². The number of nitrogens with one attached hydrogen (secondary N) is 2. The number of benzene rings is 1. The van der Waals surface area contributed by atoms with Crippen molar-refractivity contribution in [2.24, 2.45) is 0 Å². The second-order valence-corrected chi connectivity index (χ2v) is 5.51. The first kappa shape index (κ1) is 18.9. The molecule has 1 atom stereocenters. The Bertz CT molecular complexity index is 672. The summed E-state index contributed by atoms with van der Waals surface area (Å²) in [6.07, 6.45) is 0.977. The van der Waals surface area contributed by atoms with Crippen molar-refractivity contribution >= 4 is 45.6 Å². The first-order valence-corrected chi connectivity index (χ1v) is 7.69. The molecule has 6 nitrogen and oxygen atoms in total. The molecular weight excluding hydrogens is 335 g/mol. The molecule has 2 aromatic rings. The van der Waals surface area contributed by atoms with E-state index in [1.54, 1.807) is 36.4 Å². The number of hydrogen-bond acceptors (Lipinski definition) is 6. The van der Waals surface area contributed by atoms with Crippen molar-refractivity contribution in [2.45, 2.75) is 0 Å². The Hall–Kier alpha value is -1.16. The smallest absolute Gasteiger partial charge is 0.755 e. The Morgan fingerprint density at radius 1 is 1.18 bits per heavy atom. The molecule has 0 aliphatic carbocycles. The third kappa shape index (κ3) is 5.91. The van der Waals surface area contributed by atoms with Crippen LogP contribution in [-0.2, 0) is 16.1 Å². The summed E-state index contributed by atoms with van der Waals surface area (Å²) in [5.41, 5.74) is 1.44. The molecule has 0 radical (unpaired) electrons. The van der Waals surface area contributed by atoms with Crippen molar-refractivity contribution in [1.29, 1.82) is 0 Å². The molecule has 1 aromatic heterocycles. The second-order valence-electron chi connectivity index (χ2n) is 3.89. The number of carboxylic acid groups (broad SMARTS) is 1. The molecule has 9 heteroatoms. The quantitative estimate of drug-likeness (QED) is 0.364. The van der Waals surface area contributed by atoms with Gasteiger partial charge in [-0.3, -0.25) is 4.21 Å². The number of hydrogen-bond donors (Lipinski definition) is 2. The minimum atomic E-state index is -2.38. The minimum Gasteiger partial charge on any atom is -0.755 e. The monoisotopic (exact) mass is 345 g/mol. The number of aliphatic carboxylic acids is 1. The van der Waals surface area contributed by atoms with Gasteiger partial charge in [-0.05, 0) is 41.8 Å². The van der Waals surface area contributed by atoms with Crippen LogP contribution in [0.4, 0.5) is 11.4 Å². The van der Waals surface area contributed by atoms with E-state index in [0.717, 1.165) is 11.0 Å². The molecule has 0 aliphatic heterocycles. The Morgan fingerprint density at radius 3 is 2.32 bits per heavy atom. The summed E-state index contributed by atoms with van der Waals surface area (Å²) < 4.78 is 23.2. The van der Waals surface area contributed by atoms with Crippen molar-refractivity contribution < 1.29 is 48.2 Å². The Labute approximate surface area is 156 Å². The summed E-state index contributed by atoms with van der Waals surface area (Å²) in [7, 11) is 0. The van der Waals surface area contributed by atoms with Crippen LogP contribution >= 0.6 is 11.3 Å². The Kier molecular flexibility index (Phi) is 7.80. The SMILES string of the molecule is O=C([O-])/C=C(\Nc1ccc(NS(=O)[O-])cc1)c1cccs1.[Na+]. The van der Waals surface area contributed by atoms with Crippen molar-refractivity contribution in [3.8, 4) is 0 Å². The van der Waals surface area contributed by atoms with Gasteiger partial charge < -0.3 is 24.5 Å². The van der Waals surface area contributed by atoms with Crippen LogP contribution in [0.5, 0.6) is 0 Å². The van der Waals surface area contributed by atoms with Crippen LogP contribution in [0.25, 0.3) is 5.70 Å². The molecule has 0 bridgehead atoms. The number of carbonyl (C=O) groups excluding carboxylic acids is 1. The predicted octanol–water partition coefficient (Wildman–Crippen LogP) is -1.84. The van der Waals surface area contributed by atoms with E-state index in [1.165, 1.54) is 11.3 Å². The summed E-state index contributed by atoms with van der Waals surface area (Å²) in [5.74, 6) is -1.30. The van der Waals surface area contributed by atoms with E-state index < -0.39 is 17.2 Å². The molecule has 2 rings (SSSR count). The van der Waals surface area contributed by atoms with Crippen LogP contribution < -0.4 is 44.7 Å². The average Bonchev–Trinajstić information content (AvgIpc) is 2.93. The minimum absolute atomic E-state index is 0. The van der Waals surface area contributed by atoms with E-state index in [-0.39, 0.29) is 29.6 Å². The van der Waals surface area contributed by atoms with Crippen molar-refractivity contribution in [3.63, 3.8) is 0 Å². The fourth-order valence-corrected chi connectivity index (χ4v) is 2.62. The molecule has 2 N–H and O–H groups in total. The standard InChI is InChI=1S/C13H12N2O4S2.Na/c16-13(17)8-11(12-2-1-7-20-12)14-9-3-5-10(6-4-9)15-21(18)19;/h1-8,14-15H,(H,16,17)(H,18,19);/q;+1/p-2/b11-8-;. The Morgan fingerprint density at radius 2 is 1.82 bits per heavy atom. The molecule has 1 unspecified atom stereocenters. The van der Waals surface area contributed by atoms with Gasteiger partial charge in [0.25, 0.3) is 0 Å².